The van der Waals surface area contributed by atoms with Gasteiger partial charge in [-0.15, -0.1) is 11.3 Å². The minimum atomic E-state index is -0.297. The molecular weight excluding hydrogens is 228 g/mol. The molecule has 1 aliphatic heterocycles. The molecule has 0 aromatic carbocycles. The van der Waals surface area contributed by atoms with Crippen molar-refractivity contribution in [3.63, 3.8) is 0 Å². The lowest BCUT2D eigenvalue weighted by Gasteiger charge is -2.18. The van der Waals surface area contributed by atoms with E-state index in [1.165, 1.54) is 23.4 Å². The van der Waals surface area contributed by atoms with E-state index in [-0.39, 0.29) is 11.8 Å². The number of nitrogens with zero attached hydrogens (tertiary/aromatic N) is 3. The predicted octanol–water partition coefficient (Wildman–Crippen LogP) is 0.690. The van der Waals surface area contributed by atoms with Gasteiger partial charge in [-0.2, -0.15) is 5.10 Å². The molecule has 1 N–H and O–H groups in total. The highest BCUT2D eigenvalue weighted by molar-refractivity contribution is 7.13. The third-order valence-corrected chi connectivity index (χ3v) is 2.81. The Kier molecular flexibility index (Phi) is 2.95. The van der Waals surface area contributed by atoms with Gasteiger partial charge < -0.3 is 0 Å². The maximum atomic E-state index is 11.7. The smallest absolute Gasteiger partial charge is 0.273 e. The lowest BCUT2D eigenvalue weighted by Crippen LogP contribution is -2.34. The number of hydrazone groups is 1. The molecule has 0 bridgehead atoms. The van der Waals surface area contributed by atoms with Gasteiger partial charge in [0, 0.05) is 31.5 Å². The van der Waals surface area contributed by atoms with Crippen LogP contribution in [0.2, 0.25) is 0 Å². The number of aromatic nitrogens is 1. The number of thiazole rings is 1. The fraction of sp³-hybridized carbons (Fsp3) is 0.333. The SMILES string of the molecule is CN1N=C(C(=O)Nc2nccs2)CCC1=O. The van der Waals surface area contributed by atoms with E-state index in [1.807, 2.05) is 0 Å². The Morgan fingerprint density at radius 1 is 1.56 bits per heavy atom. The van der Waals surface area contributed by atoms with Crippen LogP contribution < -0.4 is 5.32 Å². The summed E-state index contributed by atoms with van der Waals surface area (Å²) in [6.07, 6.45) is 2.31. The molecule has 0 saturated heterocycles. The van der Waals surface area contributed by atoms with Gasteiger partial charge in [-0.05, 0) is 0 Å². The third-order valence-electron chi connectivity index (χ3n) is 2.12. The fourth-order valence-electron chi connectivity index (χ4n) is 1.29. The summed E-state index contributed by atoms with van der Waals surface area (Å²) in [7, 11) is 1.54. The quantitative estimate of drug-likeness (QED) is 0.823. The normalized spacial score (nSPS) is 15.9. The van der Waals surface area contributed by atoms with Gasteiger partial charge in [0.1, 0.15) is 5.71 Å². The summed E-state index contributed by atoms with van der Waals surface area (Å²) in [6, 6.07) is 0. The van der Waals surface area contributed by atoms with Gasteiger partial charge in [0.05, 0.1) is 0 Å². The van der Waals surface area contributed by atoms with E-state index in [1.54, 1.807) is 11.6 Å². The summed E-state index contributed by atoms with van der Waals surface area (Å²) in [6.45, 7) is 0. The zero-order chi connectivity index (χ0) is 11.5. The molecule has 1 aromatic heterocycles. The summed E-state index contributed by atoms with van der Waals surface area (Å²) in [5, 5.41) is 10.0. The lowest BCUT2D eigenvalue weighted by molar-refractivity contribution is -0.130. The van der Waals surface area contributed by atoms with E-state index in [4.69, 9.17) is 0 Å². The highest BCUT2D eigenvalue weighted by atomic mass is 32.1. The first-order valence-corrected chi connectivity index (χ1v) is 5.59. The zero-order valence-electron chi connectivity index (χ0n) is 8.64. The second kappa shape index (κ2) is 4.40. The van der Waals surface area contributed by atoms with Gasteiger partial charge in [-0.25, -0.2) is 9.99 Å². The molecule has 1 aliphatic rings. The standard InChI is InChI=1S/C9H10N4O2S/c1-13-7(14)3-2-6(12-13)8(15)11-9-10-4-5-16-9/h4-5H,2-3H2,1H3,(H,10,11,15). The Morgan fingerprint density at radius 3 is 3.00 bits per heavy atom. The first-order valence-electron chi connectivity index (χ1n) is 4.71. The topological polar surface area (TPSA) is 74.7 Å². The van der Waals surface area contributed by atoms with Crippen LogP contribution in [0.3, 0.4) is 0 Å². The summed E-state index contributed by atoms with van der Waals surface area (Å²) in [5.74, 6) is -0.375. The second-order valence-corrected chi connectivity index (χ2v) is 4.15. The predicted molar refractivity (Wildman–Crippen MR) is 60.2 cm³/mol. The van der Waals surface area contributed by atoms with E-state index in [2.05, 4.69) is 15.4 Å². The Labute approximate surface area is 96.0 Å². The van der Waals surface area contributed by atoms with Crippen LogP contribution >= 0.6 is 11.3 Å². The molecule has 0 unspecified atom stereocenters. The molecular formula is C9H10N4O2S. The van der Waals surface area contributed by atoms with Gasteiger partial charge in [0.25, 0.3) is 5.91 Å². The minimum absolute atomic E-state index is 0.0780. The molecule has 6 nitrogen and oxygen atoms in total. The molecule has 7 heteroatoms. The molecule has 0 saturated carbocycles. The number of carbonyl (C=O) groups is 2. The lowest BCUT2D eigenvalue weighted by atomic mass is 10.1. The van der Waals surface area contributed by atoms with Crippen LogP contribution in [0.25, 0.3) is 0 Å². The molecule has 2 amide bonds. The molecule has 0 radical (unpaired) electrons. The Bertz CT molecular complexity index is 440. The largest absolute Gasteiger partial charge is 0.297 e. The number of hydrogen-bond acceptors (Lipinski definition) is 5. The molecule has 2 rings (SSSR count). The molecule has 84 valence electrons. The number of rotatable bonds is 2. The molecule has 1 aromatic rings. The summed E-state index contributed by atoms with van der Waals surface area (Å²) in [4.78, 5) is 26.8. The number of nitrogens with one attached hydrogen (secondary N) is 1. The Balaban J connectivity index is 2.05. The van der Waals surface area contributed by atoms with Crippen molar-refractivity contribution in [3.05, 3.63) is 11.6 Å². The van der Waals surface area contributed by atoms with Crippen molar-refractivity contribution in [2.45, 2.75) is 12.8 Å². The molecule has 0 atom stereocenters. The van der Waals surface area contributed by atoms with Crippen molar-refractivity contribution in [1.82, 2.24) is 9.99 Å². The number of anilines is 1. The van der Waals surface area contributed by atoms with E-state index in [0.29, 0.717) is 23.7 Å². The average Bonchev–Trinajstić information content (AvgIpc) is 2.74. The monoisotopic (exact) mass is 238 g/mol. The van der Waals surface area contributed by atoms with Crippen LogP contribution in [0.4, 0.5) is 5.13 Å². The van der Waals surface area contributed by atoms with Crippen LogP contribution in [-0.4, -0.2) is 34.6 Å². The molecule has 2 heterocycles. The number of hydrogen-bond donors (Lipinski definition) is 1. The molecule has 0 spiro atoms. The van der Waals surface area contributed by atoms with Crippen molar-refractivity contribution >= 4 is 34.0 Å². The highest BCUT2D eigenvalue weighted by Crippen LogP contribution is 2.12. The second-order valence-electron chi connectivity index (χ2n) is 3.26. The van der Waals surface area contributed by atoms with Gasteiger partial charge >= 0.3 is 0 Å². The van der Waals surface area contributed by atoms with Crippen molar-refractivity contribution in [1.29, 1.82) is 0 Å². The van der Waals surface area contributed by atoms with Crippen LogP contribution in [0.1, 0.15) is 12.8 Å². The van der Waals surface area contributed by atoms with E-state index in [0.717, 1.165) is 0 Å². The van der Waals surface area contributed by atoms with E-state index in [9.17, 15) is 9.59 Å². The van der Waals surface area contributed by atoms with Crippen LogP contribution in [0.5, 0.6) is 0 Å². The maximum Gasteiger partial charge on any atom is 0.273 e. The molecule has 16 heavy (non-hydrogen) atoms. The molecule has 0 fully saturated rings. The first-order chi connectivity index (χ1) is 7.66. The Hall–Kier alpha value is -1.76. The van der Waals surface area contributed by atoms with Gasteiger partial charge in [-0.3, -0.25) is 14.9 Å². The summed E-state index contributed by atoms with van der Waals surface area (Å²) in [5.41, 5.74) is 0.359. The van der Waals surface area contributed by atoms with Crippen molar-refractivity contribution in [2.75, 3.05) is 12.4 Å². The van der Waals surface area contributed by atoms with E-state index < -0.39 is 0 Å². The van der Waals surface area contributed by atoms with Crippen molar-refractivity contribution < 1.29 is 9.59 Å². The van der Waals surface area contributed by atoms with Crippen molar-refractivity contribution in [3.8, 4) is 0 Å². The van der Waals surface area contributed by atoms with Crippen LogP contribution in [0.15, 0.2) is 16.7 Å². The van der Waals surface area contributed by atoms with Crippen LogP contribution in [0, 0.1) is 0 Å². The van der Waals surface area contributed by atoms with Gasteiger partial charge in [0.15, 0.2) is 5.13 Å². The fourth-order valence-corrected chi connectivity index (χ4v) is 1.81. The average molecular weight is 238 g/mol. The minimum Gasteiger partial charge on any atom is -0.297 e. The number of amides is 2. The van der Waals surface area contributed by atoms with Crippen molar-refractivity contribution in [2.24, 2.45) is 5.10 Å². The van der Waals surface area contributed by atoms with Crippen LogP contribution in [-0.2, 0) is 9.59 Å². The molecule has 0 aliphatic carbocycles. The zero-order valence-corrected chi connectivity index (χ0v) is 9.45. The maximum absolute atomic E-state index is 11.7. The first kappa shape index (κ1) is 10.7. The van der Waals surface area contributed by atoms with Gasteiger partial charge in [-0.1, -0.05) is 0 Å². The van der Waals surface area contributed by atoms with E-state index >= 15 is 0 Å². The number of carbonyl (C=O) groups excluding carboxylic acids is 2. The highest BCUT2D eigenvalue weighted by Gasteiger charge is 2.22. The van der Waals surface area contributed by atoms with Gasteiger partial charge in [0.2, 0.25) is 5.91 Å². The summed E-state index contributed by atoms with van der Waals surface area (Å²) >= 11 is 1.34. The summed E-state index contributed by atoms with van der Waals surface area (Å²) < 4.78 is 0. The third kappa shape index (κ3) is 2.25. The Morgan fingerprint density at radius 2 is 2.38 bits per heavy atom.